The van der Waals surface area contributed by atoms with Gasteiger partial charge >= 0.3 is 5.97 Å². The second-order valence-corrected chi connectivity index (χ2v) is 3.99. The zero-order valence-electron chi connectivity index (χ0n) is 10.2. The third kappa shape index (κ3) is 5.19. The van der Waals surface area contributed by atoms with Crippen molar-refractivity contribution in [2.45, 2.75) is 19.8 Å². The summed E-state index contributed by atoms with van der Waals surface area (Å²) in [7, 11) is 0. The van der Waals surface area contributed by atoms with Gasteiger partial charge in [-0.3, -0.25) is 0 Å². The normalized spacial score (nSPS) is 11.4. The molecule has 17 heavy (non-hydrogen) atoms. The molecule has 0 aliphatic rings. The van der Waals surface area contributed by atoms with Crippen molar-refractivity contribution in [3.63, 3.8) is 0 Å². The fraction of sp³-hybridized carbons (Fsp3) is 0.333. The summed E-state index contributed by atoms with van der Waals surface area (Å²) in [6, 6.07) is 9.04. The SMILES string of the molecule is C=C=CC(C)CCCOC(=O)c1ccccc1. The summed E-state index contributed by atoms with van der Waals surface area (Å²) >= 11 is 0. The van der Waals surface area contributed by atoms with Crippen LogP contribution >= 0.6 is 0 Å². The Bertz CT molecular complexity index is 389. The summed E-state index contributed by atoms with van der Waals surface area (Å²) in [5, 5.41) is 0. The minimum absolute atomic E-state index is 0.252. The molecule has 0 aliphatic carbocycles. The minimum Gasteiger partial charge on any atom is -0.462 e. The zero-order chi connectivity index (χ0) is 12.5. The monoisotopic (exact) mass is 230 g/mol. The van der Waals surface area contributed by atoms with Gasteiger partial charge in [0.25, 0.3) is 0 Å². The van der Waals surface area contributed by atoms with Crippen LogP contribution in [0.5, 0.6) is 0 Å². The predicted octanol–water partition coefficient (Wildman–Crippen LogP) is 3.60. The molecule has 90 valence electrons. The topological polar surface area (TPSA) is 26.3 Å². The molecule has 0 spiro atoms. The number of allylic oxidation sites excluding steroid dienone is 1. The van der Waals surface area contributed by atoms with Crippen LogP contribution in [0.1, 0.15) is 30.1 Å². The molecule has 0 saturated heterocycles. The fourth-order valence-corrected chi connectivity index (χ4v) is 1.51. The van der Waals surface area contributed by atoms with Crippen molar-refractivity contribution < 1.29 is 9.53 Å². The number of ether oxygens (including phenoxy) is 1. The lowest BCUT2D eigenvalue weighted by atomic mass is 10.1. The van der Waals surface area contributed by atoms with Gasteiger partial charge in [-0.2, -0.15) is 0 Å². The van der Waals surface area contributed by atoms with Crippen molar-refractivity contribution in [3.8, 4) is 0 Å². The summed E-state index contributed by atoms with van der Waals surface area (Å²) in [5.41, 5.74) is 3.36. The van der Waals surface area contributed by atoms with Gasteiger partial charge in [0.15, 0.2) is 0 Å². The molecule has 0 amide bonds. The van der Waals surface area contributed by atoms with Gasteiger partial charge in [0.1, 0.15) is 0 Å². The molecule has 0 radical (unpaired) electrons. The summed E-state index contributed by atoms with van der Waals surface area (Å²) in [5.74, 6) is 0.181. The van der Waals surface area contributed by atoms with Gasteiger partial charge in [-0.1, -0.05) is 31.7 Å². The van der Waals surface area contributed by atoms with Gasteiger partial charge in [0.05, 0.1) is 12.2 Å². The average molecular weight is 230 g/mol. The molecule has 0 fully saturated rings. The van der Waals surface area contributed by atoms with E-state index in [9.17, 15) is 4.79 Å². The second-order valence-electron chi connectivity index (χ2n) is 3.99. The lowest BCUT2D eigenvalue weighted by Gasteiger charge is -2.06. The maximum atomic E-state index is 11.6. The number of benzene rings is 1. The lowest BCUT2D eigenvalue weighted by Crippen LogP contribution is -2.06. The van der Waals surface area contributed by atoms with Gasteiger partial charge in [0.2, 0.25) is 0 Å². The largest absolute Gasteiger partial charge is 0.462 e. The van der Waals surface area contributed by atoms with Crippen LogP contribution in [0, 0.1) is 5.92 Å². The molecule has 1 unspecified atom stereocenters. The molecule has 2 nitrogen and oxygen atoms in total. The molecular weight excluding hydrogens is 212 g/mol. The first-order chi connectivity index (χ1) is 8.24. The molecule has 0 aliphatic heterocycles. The van der Waals surface area contributed by atoms with Crippen molar-refractivity contribution in [1.82, 2.24) is 0 Å². The maximum Gasteiger partial charge on any atom is 0.338 e. The zero-order valence-corrected chi connectivity index (χ0v) is 10.2. The molecule has 1 aromatic carbocycles. The Morgan fingerprint density at radius 2 is 2.18 bits per heavy atom. The van der Waals surface area contributed by atoms with Crippen LogP contribution in [0.15, 0.2) is 48.7 Å². The summed E-state index contributed by atoms with van der Waals surface area (Å²) in [6.45, 7) is 6.09. The highest BCUT2D eigenvalue weighted by Crippen LogP contribution is 2.07. The van der Waals surface area contributed by atoms with Crippen LogP contribution in [0.3, 0.4) is 0 Å². The highest BCUT2D eigenvalue weighted by molar-refractivity contribution is 5.89. The minimum atomic E-state index is -0.252. The van der Waals surface area contributed by atoms with Gasteiger partial charge in [-0.05, 0) is 37.0 Å². The Morgan fingerprint density at radius 3 is 2.82 bits per heavy atom. The molecule has 0 heterocycles. The van der Waals surface area contributed by atoms with Crippen LogP contribution in [0.2, 0.25) is 0 Å². The van der Waals surface area contributed by atoms with Crippen molar-refractivity contribution in [2.24, 2.45) is 5.92 Å². The van der Waals surface area contributed by atoms with Crippen molar-refractivity contribution in [1.29, 1.82) is 0 Å². The number of rotatable bonds is 6. The van der Waals surface area contributed by atoms with Gasteiger partial charge in [-0.25, -0.2) is 4.79 Å². The molecular formula is C15H18O2. The average Bonchev–Trinajstić information content (AvgIpc) is 2.36. The highest BCUT2D eigenvalue weighted by atomic mass is 16.5. The standard InChI is InChI=1S/C15H18O2/c1-3-8-13(2)9-7-12-17-15(16)14-10-5-4-6-11-14/h4-6,8,10-11,13H,1,7,9,12H2,2H3. The Hall–Kier alpha value is -1.79. The lowest BCUT2D eigenvalue weighted by molar-refractivity contribution is 0.0496. The van der Waals surface area contributed by atoms with E-state index in [4.69, 9.17) is 4.74 Å². The van der Waals surface area contributed by atoms with E-state index in [2.05, 4.69) is 19.2 Å². The van der Waals surface area contributed by atoms with Gasteiger partial charge < -0.3 is 4.74 Å². The molecule has 1 aromatic rings. The third-order valence-corrected chi connectivity index (χ3v) is 2.45. The van der Waals surface area contributed by atoms with Crippen molar-refractivity contribution in [2.75, 3.05) is 6.61 Å². The van der Waals surface area contributed by atoms with E-state index in [0.29, 0.717) is 18.1 Å². The fourth-order valence-electron chi connectivity index (χ4n) is 1.51. The molecule has 0 aromatic heterocycles. The quantitative estimate of drug-likeness (QED) is 0.424. The second kappa shape index (κ2) is 7.48. The third-order valence-electron chi connectivity index (χ3n) is 2.45. The van der Waals surface area contributed by atoms with E-state index >= 15 is 0 Å². The van der Waals surface area contributed by atoms with E-state index in [-0.39, 0.29) is 5.97 Å². The van der Waals surface area contributed by atoms with Crippen molar-refractivity contribution >= 4 is 5.97 Å². The summed E-state index contributed by atoms with van der Waals surface area (Å²) in [6.07, 6.45) is 3.77. The summed E-state index contributed by atoms with van der Waals surface area (Å²) < 4.78 is 5.17. The van der Waals surface area contributed by atoms with E-state index in [1.165, 1.54) is 0 Å². The molecule has 0 N–H and O–H groups in total. The smallest absolute Gasteiger partial charge is 0.338 e. The molecule has 1 rings (SSSR count). The number of carbonyl (C=O) groups excluding carboxylic acids is 1. The molecule has 0 saturated carbocycles. The van der Waals surface area contributed by atoms with Crippen LogP contribution < -0.4 is 0 Å². The molecule has 0 bridgehead atoms. The number of hydrogen-bond donors (Lipinski definition) is 0. The maximum absolute atomic E-state index is 11.6. The van der Waals surface area contributed by atoms with Crippen LogP contribution in [-0.2, 0) is 4.74 Å². The molecule has 2 heteroatoms. The predicted molar refractivity (Wildman–Crippen MR) is 68.8 cm³/mol. The van der Waals surface area contributed by atoms with Crippen LogP contribution in [0.4, 0.5) is 0 Å². The van der Waals surface area contributed by atoms with Crippen LogP contribution in [-0.4, -0.2) is 12.6 Å². The first-order valence-electron chi connectivity index (χ1n) is 5.82. The molecule has 1 atom stereocenters. The Labute approximate surface area is 103 Å². The van der Waals surface area contributed by atoms with Gasteiger partial charge in [0, 0.05) is 0 Å². The Kier molecular flexibility index (Phi) is 5.84. The number of esters is 1. The van der Waals surface area contributed by atoms with E-state index in [1.807, 2.05) is 24.3 Å². The first-order valence-corrected chi connectivity index (χ1v) is 5.82. The summed E-state index contributed by atoms with van der Waals surface area (Å²) in [4.78, 5) is 11.6. The Morgan fingerprint density at radius 1 is 1.47 bits per heavy atom. The van der Waals surface area contributed by atoms with E-state index in [0.717, 1.165) is 12.8 Å². The van der Waals surface area contributed by atoms with Crippen LogP contribution in [0.25, 0.3) is 0 Å². The number of hydrogen-bond acceptors (Lipinski definition) is 2. The van der Waals surface area contributed by atoms with Gasteiger partial charge in [-0.15, -0.1) is 5.73 Å². The van der Waals surface area contributed by atoms with E-state index < -0.39 is 0 Å². The highest BCUT2D eigenvalue weighted by Gasteiger charge is 2.05. The number of carbonyl (C=O) groups is 1. The van der Waals surface area contributed by atoms with Crippen molar-refractivity contribution in [3.05, 3.63) is 54.3 Å². The first kappa shape index (κ1) is 13.3. The Balaban J connectivity index is 2.23. The van der Waals surface area contributed by atoms with E-state index in [1.54, 1.807) is 12.1 Å².